The third-order valence-electron chi connectivity index (χ3n) is 4.20. The number of anilines is 1. The molecular formula is C20H21N3O6. The molecule has 152 valence electrons. The first-order chi connectivity index (χ1) is 13.7. The summed E-state index contributed by atoms with van der Waals surface area (Å²) in [6.45, 7) is 2.84. The van der Waals surface area contributed by atoms with Gasteiger partial charge in [-0.05, 0) is 31.0 Å². The van der Waals surface area contributed by atoms with Gasteiger partial charge in [-0.3, -0.25) is 19.7 Å². The number of nitrogens with zero attached hydrogens (tertiary/aromatic N) is 2. The van der Waals surface area contributed by atoms with Crippen LogP contribution in [-0.4, -0.2) is 47.8 Å². The highest BCUT2D eigenvalue weighted by molar-refractivity contribution is 5.97. The minimum absolute atomic E-state index is 0.240. The standard InChI is InChI=1S/C20H21N3O6/c1-13-7-6-8-14(2)19(13)21-17(24)11-22(3)18(25)12-29-20(26)15-9-4-5-10-16(15)23(27)28/h4-10H,11-12H2,1-3H3,(H,21,24). The number of hydrogen-bond acceptors (Lipinski definition) is 6. The lowest BCUT2D eigenvalue weighted by molar-refractivity contribution is -0.385. The fraction of sp³-hybridized carbons (Fsp3) is 0.250. The fourth-order valence-electron chi connectivity index (χ4n) is 2.61. The van der Waals surface area contributed by atoms with Gasteiger partial charge in [0.05, 0.1) is 11.5 Å². The van der Waals surface area contributed by atoms with Gasteiger partial charge < -0.3 is 15.0 Å². The number of ether oxygens (including phenoxy) is 1. The maximum atomic E-state index is 12.2. The number of nitro benzene ring substituents is 1. The van der Waals surface area contributed by atoms with Gasteiger partial charge in [-0.25, -0.2) is 4.79 Å². The van der Waals surface area contributed by atoms with Gasteiger partial charge in [0, 0.05) is 18.8 Å². The highest BCUT2D eigenvalue weighted by atomic mass is 16.6. The minimum Gasteiger partial charge on any atom is -0.452 e. The first-order valence-corrected chi connectivity index (χ1v) is 8.71. The Kier molecular flexibility index (Phi) is 7.02. The Bertz CT molecular complexity index is 937. The number of rotatable bonds is 7. The molecule has 0 saturated heterocycles. The molecule has 0 bridgehead atoms. The normalized spacial score (nSPS) is 10.2. The van der Waals surface area contributed by atoms with Crippen molar-refractivity contribution in [2.75, 3.05) is 25.5 Å². The average Bonchev–Trinajstić information content (AvgIpc) is 2.68. The molecule has 0 radical (unpaired) electrons. The van der Waals surface area contributed by atoms with Crippen LogP contribution in [0.4, 0.5) is 11.4 Å². The van der Waals surface area contributed by atoms with Gasteiger partial charge in [-0.1, -0.05) is 30.3 Å². The quantitative estimate of drug-likeness (QED) is 0.434. The summed E-state index contributed by atoms with van der Waals surface area (Å²) >= 11 is 0. The second-order valence-corrected chi connectivity index (χ2v) is 6.42. The van der Waals surface area contributed by atoms with Gasteiger partial charge in [0.25, 0.3) is 11.6 Å². The Hall–Kier alpha value is -3.75. The Balaban J connectivity index is 1.91. The number of carbonyl (C=O) groups is 3. The largest absolute Gasteiger partial charge is 0.452 e. The number of hydrogen-bond donors (Lipinski definition) is 1. The molecule has 0 aliphatic heterocycles. The average molecular weight is 399 g/mol. The maximum Gasteiger partial charge on any atom is 0.345 e. The summed E-state index contributed by atoms with van der Waals surface area (Å²) in [6.07, 6.45) is 0. The highest BCUT2D eigenvalue weighted by Crippen LogP contribution is 2.20. The summed E-state index contributed by atoms with van der Waals surface area (Å²) in [5, 5.41) is 13.7. The summed E-state index contributed by atoms with van der Waals surface area (Å²) in [7, 11) is 1.39. The number of esters is 1. The lowest BCUT2D eigenvalue weighted by atomic mass is 10.1. The van der Waals surface area contributed by atoms with Crippen LogP contribution in [-0.2, 0) is 14.3 Å². The summed E-state index contributed by atoms with van der Waals surface area (Å²) < 4.78 is 4.87. The topological polar surface area (TPSA) is 119 Å². The van der Waals surface area contributed by atoms with Crippen LogP contribution in [0.5, 0.6) is 0 Å². The molecule has 1 N–H and O–H groups in total. The van der Waals surface area contributed by atoms with Crippen molar-refractivity contribution in [2.24, 2.45) is 0 Å². The summed E-state index contributed by atoms with van der Waals surface area (Å²) in [4.78, 5) is 47.8. The molecule has 0 atom stereocenters. The third kappa shape index (κ3) is 5.61. The van der Waals surface area contributed by atoms with E-state index in [0.717, 1.165) is 16.0 Å². The predicted octanol–water partition coefficient (Wildman–Crippen LogP) is 2.47. The SMILES string of the molecule is Cc1cccc(C)c1NC(=O)CN(C)C(=O)COC(=O)c1ccccc1[N+](=O)[O-]. The molecule has 0 unspecified atom stereocenters. The minimum atomic E-state index is -0.987. The van der Waals surface area contributed by atoms with Crippen molar-refractivity contribution in [1.29, 1.82) is 0 Å². The summed E-state index contributed by atoms with van der Waals surface area (Å²) in [6, 6.07) is 10.9. The van der Waals surface area contributed by atoms with Crippen LogP contribution in [0.3, 0.4) is 0 Å². The van der Waals surface area contributed by atoms with Crippen LogP contribution in [0.15, 0.2) is 42.5 Å². The Labute approximate surface area is 167 Å². The van der Waals surface area contributed by atoms with Gasteiger partial charge in [0.1, 0.15) is 5.56 Å². The van der Waals surface area contributed by atoms with Gasteiger partial charge >= 0.3 is 5.97 Å². The zero-order valence-electron chi connectivity index (χ0n) is 16.3. The van der Waals surface area contributed by atoms with E-state index in [4.69, 9.17) is 4.74 Å². The first-order valence-electron chi connectivity index (χ1n) is 8.71. The number of nitro groups is 1. The van der Waals surface area contributed by atoms with Crippen molar-refractivity contribution < 1.29 is 24.0 Å². The maximum absolute atomic E-state index is 12.2. The van der Waals surface area contributed by atoms with Crippen molar-refractivity contribution >= 4 is 29.2 Å². The summed E-state index contributed by atoms with van der Waals surface area (Å²) in [5.74, 6) is -2.00. The van der Waals surface area contributed by atoms with Gasteiger partial charge in [0.2, 0.25) is 5.91 Å². The van der Waals surface area contributed by atoms with Crippen LogP contribution < -0.4 is 5.32 Å². The highest BCUT2D eigenvalue weighted by Gasteiger charge is 2.22. The molecule has 2 aromatic carbocycles. The number of para-hydroxylation sites is 2. The van der Waals surface area contributed by atoms with Crippen molar-refractivity contribution in [2.45, 2.75) is 13.8 Å². The second-order valence-electron chi connectivity index (χ2n) is 6.42. The molecule has 9 nitrogen and oxygen atoms in total. The van der Waals surface area contributed by atoms with Crippen LogP contribution in [0.2, 0.25) is 0 Å². The van der Waals surface area contributed by atoms with Crippen LogP contribution in [0.25, 0.3) is 0 Å². The third-order valence-corrected chi connectivity index (χ3v) is 4.20. The molecule has 29 heavy (non-hydrogen) atoms. The van der Waals surface area contributed by atoms with Crippen molar-refractivity contribution in [1.82, 2.24) is 4.90 Å². The summed E-state index contributed by atoms with van der Waals surface area (Å²) in [5.41, 5.74) is 1.81. The number of carbonyl (C=O) groups excluding carboxylic acids is 3. The van der Waals surface area contributed by atoms with Gasteiger partial charge in [-0.2, -0.15) is 0 Å². The van der Waals surface area contributed by atoms with Crippen molar-refractivity contribution in [3.05, 3.63) is 69.3 Å². The van der Waals surface area contributed by atoms with Crippen LogP contribution >= 0.6 is 0 Å². The molecule has 0 saturated carbocycles. The molecule has 0 heterocycles. The number of benzene rings is 2. The molecule has 0 aliphatic carbocycles. The van der Waals surface area contributed by atoms with Crippen molar-refractivity contribution in [3.63, 3.8) is 0 Å². The molecular weight excluding hydrogens is 378 g/mol. The van der Waals surface area contributed by atoms with E-state index < -0.39 is 35.0 Å². The fourth-order valence-corrected chi connectivity index (χ4v) is 2.61. The molecule has 2 rings (SSSR count). The molecule has 0 fully saturated rings. The van der Waals surface area contributed by atoms with E-state index in [1.165, 1.54) is 31.3 Å². The first kappa shape index (κ1) is 21.5. The second kappa shape index (κ2) is 9.45. The molecule has 2 aromatic rings. The number of nitrogens with one attached hydrogen (secondary N) is 1. The van der Waals surface area contributed by atoms with Crippen LogP contribution in [0, 0.1) is 24.0 Å². The van der Waals surface area contributed by atoms with E-state index in [2.05, 4.69) is 5.32 Å². The van der Waals surface area contributed by atoms with Crippen LogP contribution in [0.1, 0.15) is 21.5 Å². The van der Waals surface area contributed by atoms with E-state index in [0.29, 0.717) is 5.69 Å². The Morgan fingerprint density at radius 2 is 1.69 bits per heavy atom. The van der Waals surface area contributed by atoms with E-state index in [1.54, 1.807) is 0 Å². The lowest BCUT2D eigenvalue weighted by Gasteiger charge is -2.18. The monoisotopic (exact) mass is 399 g/mol. The number of likely N-dealkylation sites (N-methyl/N-ethyl adjacent to an activating group) is 1. The molecule has 0 aliphatic rings. The molecule has 9 heteroatoms. The van der Waals surface area contributed by atoms with Gasteiger partial charge in [-0.15, -0.1) is 0 Å². The molecule has 2 amide bonds. The van der Waals surface area contributed by atoms with E-state index in [-0.39, 0.29) is 12.1 Å². The smallest absolute Gasteiger partial charge is 0.345 e. The lowest BCUT2D eigenvalue weighted by Crippen LogP contribution is -2.37. The zero-order chi connectivity index (χ0) is 21.6. The van der Waals surface area contributed by atoms with Crippen molar-refractivity contribution in [3.8, 4) is 0 Å². The number of aryl methyl sites for hydroxylation is 2. The molecule has 0 aromatic heterocycles. The molecule has 0 spiro atoms. The Morgan fingerprint density at radius 1 is 1.07 bits per heavy atom. The van der Waals surface area contributed by atoms with E-state index in [1.807, 2.05) is 32.0 Å². The number of amides is 2. The van der Waals surface area contributed by atoms with E-state index >= 15 is 0 Å². The zero-order valence-corrected chi connectivity index (χ0v) is 16.3. The predicted molar refractivity (Wildman–Crippen MR) is 106 cm³/mol. The van der Waals surface area contributed by atoms with Gasteiger partial charge in [0.15, 0.2) is 6.61 Å². The van der Waals surface area contributed by atoms with E-state index in [9.17, 15) is 24.5 Å². The Morgan fingerprint density at radius 3 is 2.31 bits per heavy atom.